The first kappa shape index (κ1) is 60.6. The first-order valence-corrected chi connectivity index (χ1v) is 32.1. The SMILES string of the molecule is CC1(C)CCC(CN2CCN(c3ccc(C(=O)NS(=O)(=O)c4ccc(NCC5CCN(CCCCCCC#Cc6ccc7c(c6)C(=O)N(C6CCC(=O)NC6=O)C7)CC5)c([N+](=O)[O-])c4)c(Oc4cnc5[nH]ccc5c4)c3)CC2)=C(c2ccc(Cl)cc2)C1. The Morgan fingerprint density at radius 2 is 1.68 bits per heavy atom. The molecule has 1 atom stereocenters. The topological polar surface area (TPSA) is 233 Å². The molecule has 5 aliphatic rings. The molecule has 454 valence electrons. The lowest BCUT2D eigenvalue weighted by Gasteiger charge is -2.39. The van der Waals surface area contributed by atoms with Crippen LogP contribution in [0.4, 0.5) is 17.1 Å². The number of rotatable bonds is 20. The molecule has 6 aromatic rings. The Morgan fingerprint density at radius 1 is 0.885 bits per heavy atom. The van der Waals surface area contributed by atoms with Crippen molar-refractivity contribution in [3.8, 4) is 23.3 Å². The lowest BCUT2D eigenvalue weighted by atomic mass is 9.72. The molecule has 0 saturated carbocycles. The molecule has 1 aliphatic carbocycles. The van der Waals surface area contributed by atoms with Crippen molar-refractivity contribution in [2.24, 2.45) is 11.3 Å². The van der Waals surface area contributed by atoms with Gasteiger partial charge < -0.3 is 29.7 Å². The van der Waals surface area contributed by atoms with Crippen LogP contribution in [-0.4, -0.2) is 127 Å². The Hall–Kier alpha value is -8.09. The Balaban J connectivity index is 0.651. The van der Waals surface area contributed by atoms with Crippen LogP contribution in [0, 0.1) is 33.3 Å². The number of H-pyrrole nitrogens is 1. The number of pyridine rings is 1. The number of fused-ring (bicyclic) bond motifs is 2. The molecular weight excluding hydrogens is 1140 g/mol. The molecule has 1 unspecified atom stereocenters. The van der Waals surface area contributed by atoms with Gasteiger partial charge in [-0.1, -0.05) is 73.9 Å². The second kappa shape index (κ2) is 26.5. The number of halogens is 1. The molecule has 6 heterocycles. The number of carbonyl (C=O) groups excluding carboxylic acids is 4. The van der Waals surface area contributed by atoms with E-state index in [-0.39, 0.29) is 46.6 Å². The summed E-state index contributed by atoms with van der Waals surface area (Å²) >= 11 is 6.27. The maximum Gasteiger partial charge on any atom is 0.293 e. The summed E-state index contributed by atoms with van der Waals surface area (Å²) in [5, 5.41) is 19.5. The summed E-state index contributed by atoms with van der Waals surface area (Å²) in [6.45, 7) is 12.2. The van der Waals surface area contributed by atoms with E-state index in [0.717, 1.165) is 137 Å². The van der Waals surface area contributed by atoms with Gasteiger partial charge in [0.1, 0.15) is 28.9 Å². The van der Waals surface area contributed by atoms with Crippen LogP contribution in [0.3, 0.4) is 0 Å². The number of aromatic nitrogens is 2. The summed E-state index contributed by atoms with van der Waals surface area (Å²) in [6, 6.07) is 25.4. The molecule has 0 bridgehead atoms. The van der Waals surface area contributed by atoms with E-state index in [9.17, 15) is 37.7 Å². The summed E-state index contributed by atoms with van der Waals surface area (Å²) in [5.74, 6) is 5.24. The van der Waals surface area contributed by atoms with Gasteiger partial charge >= 0.3 is 0 Å². The first-order chi connectivity index (χ1) is 41.9. The number of aromatic amines is 1. The number of imide groups is 1. The van der Waals surface area contributed by atoms with Crippen molar-refractivity contribution >= 4 is 78.9 Å². The van der Waals surface area contributed by atoms with E-state index in [1.165, 1.54) is 35.0 Å². The van der Waals surface area contributed by atoms with Crippen LogP contribution in [0.1, 0.15) is 128 Å². The van der Waals surface area contributed by atoms with Crippen LogP contribution in [0.15, 0.2) is 114 Å². The highest BCUT2D eigenvalue weighted by Crippen LogP contribution is 2.44. The number of anilines is 2. The van der Waals surface area contributed by atoms with Gasteiger partial charge in [0.25, 0.3) is 27.5 Å². The smallest absolute Gasteiger partial charge is 0.293 e. The van der Waals surface area contributed by atoms with Gasteiger partial charge in [0, 0.05) is 104 Å². The molecule has 0 radical (unpaired) electrons. The maximum absolute atomic E-state index is 14.2. The normalized spacial score (nSPS) is 18.5. The monoisotopic (exact) mass is 1220 g/mol. The summed E-state index contributed by atoms with van der Waals surface area (Å²) in [6.07, 6.45) is 13.7. The number of amides is 4. The third kappa shape index (κ3) is 14.7. The number of piperidine rings is 2. The fraction of sp³-hybridized carbons (Fsp3) is 0.409. The number of piperazine rings is 1. The van der Waals surface area contributed by atoms with Crippen molar-refractivity contribution in [1.82, 2.24) is 34.7 Å². The molecule has 4 aliphatic heterocycles. The number of hydrogen-bond acceptors (Lipinski definition) is 14. The van der Waals surface area contributed by atoms with Crippen molar-refractivity contribution in [3.05, 3.63) is 152 Å². The molecule has 19 nitrogen and oxygen atoms in total. The van der Waals surface area contributed by atoms with Gasteiger partial charge in [-0.05, 0) is 160 Å². The van der Waals surface area contributed by atoms with E-state index in [4.69, 9.17) is 16.3 Å². The molecule has 0 spiro atoms. The molecule has 11 rings (SSSR count). The predicted molar refractivity (Wildman–Crippen MR) is 335 cm³/mol. The number of nitro groups is 1. The van der Waals surface area contributed by atoms with E-state index in [0.29, 0.717) is 49.6 Å². The van der Waals surface area contributed by atoms with Gasteiger partial charge in [-0.3, -0.25) is 39.5 Å². The highest BCUT2D eigenvalue weighted by Gasteiger charge is 2.39. The van der Waals surface area contributed by atoms with Gasteiger partial charge in [-0.25, -0.2) is 18.1 Å². The van der Waals surface area contributed by atoms with Crippen molar-refractivity contribution in [1.29, 1.82) is 0 Å². The minimum atomic E-state index is -4.62. The third-order valence-electron chi connectivity index (χ3n) is 17.6. The highest BCUT2D eigenvalue weighted by atomic mass is 35.5. The minimum Gasteiger partial charge on any atom is -0.455 e. The maximum atomic E-state index is 14.2. The number of hydrogen-bond donors (Lipinski definition) is 4. The van der Waals surface area contributed by atoms with Gasteiger partial charge in [0.05, 0.1) is 21.6 Å². The lowest BCUT2D eigenvalue weighted by Crippen LogP contribution is -2.52. The van der Waals surface area contributed by atoms with Gasteiger partial charge in [-0.15, -0.1) is 0 Å². The Bertz CT molecular complexity index is 3820. The van der Waals surface area contributed by atoms with E-state index >= 15 is 0 Å². The zero-order chi connectivity index (χ0) is 60.8. The number of allylic oxidation sites excluding steroid dienone is 1. The number of nitrogens with one attached hydrogen (secondary N) is 4. The Kier molecular flexibility index (Phi) is 18.4. The molecule has 4 N–H and O–H groups in total. The molecule has 4 aromatic carbocycles. The van der Waals surface area contributed by atoms with E-state index < -0.39 is 43.4 Å². The van der Waals surface area contributed by atoms with Gasteiger partial charge in [0.2, 0.25) is 11.8 Å². The zero-order valence-corrected chi connectivity index (χ0v) is 50.7. The summed E-state index contributed by atoms with van der Waals surface area (Å²) < 4.78 is 36.5. The number of sulfonamides is 1. The average molecular weight is 1220 g/mol. The summed E-state index contributed by atoms with van der Waals surface area (Å²) in [7, 11) is -4.62. The van der Waals surface area contributed by atoms with Crippen LogP contribution < -0.4 is 25.0 Å². The molecule has 3 fully saturated rings. The van der Waals surface area contributed by atoms with Crippen LogP contribution >= 0.6 is 11.6 Å². The van der Waals surface area contributed by atoms with Crippen LogP contribution in [0.5, 0.6) is 11.5 Å². The number of nitro benzene ring substituents is 1. The fourth-order valence-corrected chi connectivity index (χ4v) is 13.7. The molecule has 2 aromatic heterocycles. The molecule has 87 heavy (non-hydrogen) atoms. The van der Waals surface area contributed by atoms with Gasteiger partial charge in [0.15, 0.2) is 0 Å². The van der Waals surface area contributed by atoms with Crippen molar-refractivity contribution < 1.29 is 37.3 Å². The van der Waals surface area contributed by atoms with Crippen molar-refractivity contribution in [3.63, 3.8) is 0 Å². The first-order valence-electron chi connectivity index (χ1n) is 30.2. The lowest BCUT2D eigenvalue weighted by molar-refractivity contribution is -0.384. The highest BCUT2D eigenvalue weighted by molar-refractivity contribution is 7.90. The van der Waals surface area contributed by atoms with Crippen LogP contribution in [0.2, 0.25) is 5.02 Å². The van der Waals surface area contributed by atoms with E-state index in [1.807, 2.05) is 30.3 Å². The van der Waals surface area contributed by atoms with E-state index in [1.54, 1.807) is 41.4 Å². The number of nitrogens with zero attached hydrogens (tertiary/aromatic N) is 6. The van der Waals surface area contributed by atoms with Crippen LogP contribution in [-0.2, 0) is 26.2 Å². The number of ether oxygens (including phenoxy) is 1. The standard InChI is InChI=1S/C66H73ClN10O9S/c1-66(2)26-22-49(56(39-66)46-12-14-50(67)15-13-46)42-74-31-33-75(34-32-74)51-16-18-54(60(37-51)86-52-36-47-23-27-68-62(47)70-41-52)63(79)72-87(84,85)53-17-19-57(59(38-53)77(82)83)69-40-45-24-29-73(30-25-45)28-8-6-4-3-5-7-9-44-10-11-48-43-76(65(81)55(48)35-44)58-20-21-61(78)71-64(58)80/h10-19,23,27,35-38,41,45,58,69H,3-6,8,20-22,24-26,28-34,39-40,42-43H2,1-2H3,(H,68,70)(H,72,79)(H,71,78,80). The zero-order valence-electron chi connectivity index (χ0n) is 49.2. The molecular formula is C66H73ClN10O9S. The largest absolute Gasteiger partial charge is 0.455 e. The number of benzene rings is 4. The predicted octanol–water partition coefficient (Wildman–Crippen LogP) is 10.7. The summed E-state index contributed by atoms with van der Waals surface area (Å²) in [5.41, 5.74) is 7.63. The second-order valence-corrected chi connectivity index (χ2v) is 26.5. The quantitative estimate of drug-likeness (QED) is 0.0183. The molecule has 4 amide bonds. The molecule has 21 heteroatoms. The third-order valence-corrected chi connectivity index (χ3v) is 19.2. The van der Waals surface area contributed by atoms with Crippen molar-refractivity contribution in [2.75, 3.05) is 69.1 Å². The Labute approximate surface area is 512 Å². The molecule has 3 saturated heterocycles. The van der Waals surface area contributed by atoms with Crippen molar-refractivity contribution in [2.45, 2.75) is 108 Å². The second-order valence-electron chi connectivity index (χ2n) is 24.3. The number of likely N-dealkylation sites (tertiary alicyclic amines) is 1. The summed E-state index contributed by atoms with van der Waals surface area (Å²) in [4.78, 5) is 79.0. The van der Waals surface area contributed by atoms with Gasteiger partial charge in [-0.2, -0.15) is 0 Å². The Morgan fingerprint density at radius 3 is 2.46 bits per heavy atom. The minimum absolute atomic E-state index is 0.0490. The fourth-order valence-electron chi connectivity index (χ4n) is 12.6. The van der Waals surface area contributed by atoms with E-state index in [2.05, 4.69) is 77.8 Å². The number of carbonyl (C=O) groups is 4. The number of unbranched alkanes of at least 4 members (excludes halogenated alkanes) is 4. The average Bonchev–Trinajstić information content (AvgIpc) is 4.27. The van der Waals surface area contributed by atoms with Crippen LogP contribution in [0.25, 0.3) is 16.6 Å².